The summed E-state index contributed by atoms with van der Waals surface area (Å²) < 4.78 is 13.7. The van der Waals surface area contributed by atoms with Gasteiger partial charge in [-0.15, -0.1) is 0 Å². The van der Waals surface area contributed by atoms with Crippen LogP contribution < -0.4 is 10.2 Å². The van der Waals surface area contributed by atoms with E-state index in [1.54, 1.807) is 18.2 Å². The number of anilines is 2. The van der Waals surface area contributed by atoms with Crippen molar-refractivity contribution >= 4 is 17.3 Å². The molecule has 0 unspecified atom stereocenters. The monoisotopic (exact) mass is 423 g/mol. The minimum Gasteiger partial charge on any atom is -0.371 e. The summed E-state index contributed by atoms with van der Waals surface area (Å²) in [5, 5.41) is 2.72. The lowest BCUT2D eigenvalue weighted by Gasteiger charge is -2.43. The summed E-state index contributed by atoms with van der Waals surface area (Å²) in [4.78, 5) is 17.5. The number of benzene rings is 2. The van der Waals surface area contributed by atoms with Gasteiger partial charge in [0.15, 0.2) is 0 Å². The zero-order valence-corrected chi connectivity index (χ0v) is 18.5. The van der Waals surface area contributed by atoms with Crippen LogP contribution >= 0.6 is 0 Å². The van der Waals surface area contributed by atoms with Gasteiger partial charge in [-0.1, -0.05) is 30.3 Å². The zero-order chi connectivity index (χ0) is 21.6. The largest absolute Gasteiger partial charge is 0.371 e. The molecule has 0 aromatic heterocycles. The van der Waals surface area contributed by atoms with Gasteiger partial charge in [-0.25, -0.2) is 4.39 Å². The van der Waals surface area contributed by atoms with Crippen LogP contribution in [0.1, 0.15) is 44.1 Å². The molecule has 1 N–H and O–H groups in total. The third-order valence-corrected chi connectivity index (χ3v) is 6.92. The number of nitrogens with zero attached hydrogens (tertiary/aromatic N) is 2. The molecule has 2 aliphatic rings. The standard InChI is InChI=1S/C26H34FN3O/c1-20-7-2-5-11-25(20)29-17-14-22(15-18-29)30-16-6-8-21(19-30)12-13-26(31)28-24-10-4-3-9-23(24)27/h2-5,7,9-11,21-22H,6,8,12-19H2,1H3,(H,28,31)/t21-/m1/s1. The van der Waals surface area contributed by atoms with Gasteiger partial charge < -0.3 is 10.2 Å². The molecule has 0 aliphatic carbocycles. The molecule has 0 bridgehead atoms. The second-order valence-electron chi connectivity index (χ2n) is 9.07. The molecule has 1 amide bonds. The molecule has 2 aliphatic heterocycles. The van der Waals surface area contributed by atoms with Crippen LogP contribution in [0, 0.1) is 18.7 Å². The third kappa shape index (κ3) is 5.65. The first kappa shape index (κ1) is 21.8. The maximum Gasteiger partial charge on any atom is 0.224 e. The average molecular weight is 424 g/mol. The lowest BCUT2D eigenvalue weighted by molar-refractivity contribution is -0.116. The topological polar surface area (TPSA) is 35.6 Å². The van der Waals surface area contributed by atoms with Crippen molar-refractivity contribution in [2.45, 2.75) is 51.5 Å². The van der Waals surface area contributed by atoms with E-state index in [1.807, 2.05) is 0 Å². The number of hydrogen-bond acceptors (Lipinski definition) is 3. The van der Waals surface area contributed by atoms with E-state index in [-0.39, 0.29) is 17.4 Å². The number of amides is 1. The minimum absolute atomic E-state index is 0.0891. The molecule has 4 nitrogen and oxygen atoms in total. The van der Waals surface area contributed by atoms with Gasteiger partial charge in [0.05, 0.1) is 5.69 Å². The fraction of sp³-hybridized carbons (Fsp3) is 0.500. The molecule has 2 saturated heterocycles. The number of carbonyl (C=O) groups excluding carboxylic acids is 1. The minimum atomic E-state index is -0.378. The predicted octanol–water partition coefficient (Wildman–Crippen LogP) is 5.23. The van der Waals surface area contributed by atoms with E-state index in [4.69, 9.17) is 0 Å². The molecule has 4 rings (SSSR count). The molecular formula is C26H34FN3O. The summed E-state index contributed by atoms with van der Waals surface area (Å²) in [6.45, 7) is 6.68. The van der Waals surface area contributed by atoms with Gasteiger partial charge >= 0.3 is 0 Å². The number of hydrogen-bond donors (Lipinski definition) is 1. The quantitative estimate of drug-likeness (QED) is 0.691. The molecule has 0 spiro atoms. The molecule has 2 aromatic rings. The number of carbonyl (C=O) groups is 1. The SMILES string of the molecule is Cc1ccccc1N1CCC(N2CCC[C@H](CCC(=O)Nc3ccccc3F)C2)CC1. The van der Waals surface area contributed by atoms with Gasteiger partial charge in [-0.05, 0) is 75.3 Å². The number of aryl methyl sites for hydroxylation is 1. The van der Waals surface area contributed by atoms with Gasteiger partial charge in [0, 0.05) is 37.8 Å². The average Bonchev–Trinajstić information content (AvgIpc) is 2.80. The number of likely N-dealkylation sites (tertiary alicyclic amines) is 1. The maximum absolute atomic E-state index is 13.7. The van der Waals surface area contributed by atoms with Crippen LogP contribution in [0.2, 0.25) is 0 Å². The Labute approximate surface area is 185 Å². The Balaban J connectivity index is 1.23. The van der Waals surface area contributed by atoms with E-state index < -0.39 is 0 Å². The van der Waals surface area contributed by atoms with Crippen LogP contribution in [0.3, 0.4) is 0 Å². The fourth-order valence-electron chi connectivity index (χ4n) is 5.17. The highest BCUT2D eigenvalue weighted by Crippen LogP contribution is 2.29. The first-order valence-corrected chi connectivity index (χ1v) is 11.7. The Hall–Kier alpha value is -2.40. The number of halogens is 1. The van der Waals surface area contributed by atoms with Gasteiger partial charge in [0.2, 0.25) is 5.91 Å². The van der Waals surface area contributed by atoms with Crippen LogP contribution in [0.5, 0.6) is 0 Å². The highest BCUT2D eigenvalue weighted by atomic mass is 19.1. The third-order valence-electron chi connectivity index (χ3n) is 6.92. The Morgan fingerprint density at radius 2 is 1.77 bits per heavy atom. The van der Waals surface area contributed by atoms with Crippen molar-refractivity contribution in [3.05, 3.63) is 59.9 Å². The van der Waals surface area contributed by atoms with Gasteiger partial charge in [-0.3, -0.25) is 9.69 Å². The second kappa shape index (κ2) is 10.3. The predicted molar refractivity (Wildman–Crippen MR) is 125 cm³/mol. The summed E-state index contributed by atoms with van der Waals surface area (Å²) >= 11 is 0. The molecule has 1 atom stereocenters. The molecule has 2 fully saturated rings. The van der Waals surface area contributed by atoms with Crippen LogP contribution in [-0.2, 0) is 4.79 Å². The fourth-order valence-corrected chi connectivity index (χ4v) is 5.17. The Morgan fingerprint density at radius 3 is 2.55 bits per heavy atom. The molecule has 0 saturated carbocycles. The molecule has 31 heavy (non-hydrogen) atoms. The summed E-state index contributed by atoms with van der Waals surface area (Å²) in [5.41, 5.74) is 3.00. The van der Waals surface area contributed by atoms with E-state index in [9.17, 15) is 9.18 Å². The lowest BCUT2D eigenvalue weighted by Crippen LogP contribution is -2.48. The van der Waals surface area contributed by atoms with Crippen LogP contribution in [0.25, 0.3) is 0 Å². The van der Waals surface area contributed by atoms with Crippen molar-refractivity contribution in [1.29, 1.82) is 0 Å². The first-order valence-electron chi connectivity index (χ1n) is 11.7. The van der Waals surface area contributed by atoms with Gasteiger partial charge in [0.1, 0.15) is 5.82 Å². The Bertz CT molecular complexity index is 878. The van der Waals surface area contributed by atoms with Crippen molar-refractivity contribution in [2.75, 3.05) is 36.4 Å². The first-order chi connectivity index (χ1) is 15.1. The van der Waals surface area contributed by atoms with Crippen molar-refractivity contribution in [3.63, 3.8) is 0 Å². The molecule has 5 heteroatoms. The summed E-state index contributed by atoms with van der Waals surface area (Å²) in [5.74, 6) is 0.0833. The lowest BCUT2D eigenvalue weighted by atomic mass is 9.90. The summed E-state index contributed by atoms with van der Waals surface area (Å²) in [6, 6.07) is 15.7. The molecular weight excluding hydrogens is 389 g/mol. The van der Waals surface area contributed by atoms with Crippen molar-refractivity contribution < 1.29 is 9.18 Å². The van der Waals surface area contributed by atoms with E-state index in [1.165, 1.54) is 49.5 Å². The van der Waals surface area contributed by atoms with E-state index >= 15 is 0 Å². The number of para-hydroxylation sites is 2. The Morgan fingerprint density at radius 1 is 1.03 bits per heavy atom. The van der Waals surface area contributed by atoms with Crippen molar-refractivity contribution in [1.82, 2.24) is 4.90 Å². The molecule has 2 heterocycles. The van der Waals surface area contributed by atoms with E-state index in [2.05, 4.69) is 46.3 Å². The van der Waals surface area contributed by atoms with E-state index in [0.717, 1.165) is 26.1 Å². The highest BCUT2D eigenvalue weighted by molar-refractivity contribution is 5.90. The van der Waals surface area contributed by atoms with Crippen LogP contribution in [-0.4, -0.2) is 43.0 Å². The smallest absolute Gasteiger partial charge is 0.224 e. The van der Waals surface area contributed by atoms with Crippen LogP contribution in [0.4, 0.5) is 15.8 Å². The molecule has 166 valence electrons. The normalized spacial score (nSPS) is 20.6. The maximum atomic E-state index is 13.7. The zero-order valence-electron chi connectivity index (χ0n) is 18.5. The van der Waals surface area contributed by atoms with Gasteiger partial charge in [-0.2, -0.15) is 0 Å². The second-order valence-corrected chi connectivity index (χ2v) is 9.07. The summed E-state index contributed by atoms with van der Waals surface area (Å²) in [6.07, 6.45) is 6.13. The van der Waals surface area contributed by atoms with Crippen LogP contribution in [0.15, 0.2) is 48.5 Å². The highest BCUT2D eigenvalue weighted by Gasteiger charge is 2.29. The van der Waals surface area contributed by atoms with Crippen molar-refractivity contribution in [3.8, 4) is 0 Å². The molecule has 2 aromatic carbocycles. The number of rotatable bonds is 6. The number of nitrogens with one attached hydrogen (secondary N) is 1. The van der Waals surface area contributed by atoms with E-state index in [0.29, 0.717) is 18.4 Å². The molecule has 0 radical (unpaired) electrons. The summed E-state index contributed by atoms with van der Waals surface area (Å²) in [7, 11) is 0. The number of piperidine rings is 2. The van der Waals surface area contributed by atoms with Crippen molar-refractivity contribution in [2.24, 2.45) is 5.92 Å². The van der Waals surface area contributed by atoms with Gasteiger partial charge in [0.25, 0.3) is 0 Å². The Kier molecular flexibility index (Phi) is 7.23.